The van der Waals surface area contributed by atoms with E-state index in [1.807, 2.05) is 13.8 Å². The van der Waals surface area contributed by atoms with Gasteiger partial charge in [-0.1, -0.05) is 31.5 Å². The summed E-state index contributed by atoms with van der Waals surface area (Å²) in [7, 11) is -4.47. The molecule has 0 saturated heterocycles. The number of carbonyl (C=O) groups is 1. The fourth-order valence-electron chi connectivity index (χ4n) is 4.41. The van der Waals surface area contributed by atoms with Crippen LogP contribution in [0.4, 0.5) is 23.7 Å². The summed E-state index contributed by atoms with van der Waals surface area (Å²) in [6.45, 7) is 8.12. The minimum absolute atomic E-state index is 0.0430. The number of carbonyl (C=O) groups excluding carboxylic acids is 1. The van der Waals surface area contributed by atoms with E-state index >= 15 is 4.39 Å². The summed E-state index contributed by atoms with van der Waals surface area (Å²) >= 11 is 5.93. The molecule has 0 unspecified atom stereocenters. The van der Waals surface area contributed by atoms with E-state index in [0.29, 0.717) is 29.2 Å². The molecule has 0 aliphatic heterocycles. The smallest absolute Gasteiger partial charge is 0.407 e. The molecule has 12 heteroatoms. The number of hydrogen-bond acceptors (Lipinski definition) is 5. The van der Waals surface area contributed by atoms with Crippen LogP contribution >= 0.6 is 11.6 Å². The van der Waals surface area contributed by atoms with Gasteiger partial charge < -0.3 is 15.0 Å². The highest BCUT2D eigenvalue weighted by Gasteiger charge is 2.33. The van der Waals surface area contributed by atoms with Crippen LogP contribution in [0, 0.1) is 17.5 Å². The third-order valence-corrected chi connectivity index (χ3v) is 8.77. The lowest BCUT2D eigenvalue weighted by Gasteiger charge is -2.32. The van der Waals surface area contributed by atoms with Gasteiger partial charge in [-0.25, -0.2) is 26.4 Å². The Morgan fingerprint density at radius 3 is 2.27 bits per heavy atom. The van der Waals surface area contributed by atoms with E-state index in [0.717, 1.165) is 41.7 Å². The van der Waals surface area contributed by atoms with Crippen molar-refractivity contribution in [1.82, 2.24) is 10.2 Å². The normalized spacial score (nSPS) is 12.3. The predicted molar refractivity (Wildman–Crippen MR) is 153 cm³/mol. The van der Waals surface area contributed by atoms with Gasteiger partial charge in [0, 0.05) is 30.6 Å². The molecule has 3 aromatic carbocycles. The first-order valence-corrected chi connectivity index (χ1v) is 15.0. The lowest BCUT2D eigenvalue weighted by atomic mass is 9.98. The number of rotatable bonds is 13. The Morgan fingerprint density at radius 1 is 0.976 bits per heavy atom. The molecule has 1 N–H and O–H groups in total. The van der Waals surface area contributed by atoms with Crippen LogP contribution in [-0.2, 0) is 21.2 Å². The van der Waals surface area contributed by atoms with Crippen molar-refractivity contribution in [2.24, 2.45) is 0 Å². The quantitative estimate of drug-likeness (QED) is 0.245. The molecule has 0 fully saturated rings. The highest BCUT2D eigenvalue weighted by Crippen LogP contribution is 2.37. The number of alkyl carbamates (subject to hydrolysis) is 1. The van der Waals surface area contributed by atoms with Gasteiger partial charge in [0.15, 0.2) is 0 Å². The average molecular weight is 612 g/mol. The van der Waals surface area contributed by atoms with Crippen molar-refractivity contribution in [1.29, 1.82) is 0 Å². The van der Waals surface area contributed by atoms with Crippen molar-refractivity contribution < 1.29 is 31.1 Å². The molecule has 0 heterocycles. The molecule has 0 aliphatic carbocycles. The zero-order valence-corrected chi connectivity index (χ0v) is 24.6. The number of nitrogens with one attached hydrogen (secondary N) is 1. The van der Waals surface area contributed by atoms with Gasteiger partial charge in [0.2, 0.25) is 0 Å². The number of anilines is 1. The number of amides is 1. The van der Waals surface area contributed by atoms with E-state index in [-0.39, 0.29) is 17.9 Å². The molecule has 222 valence electrons. The number of benzene rings is 3. The first-order chi connectivity index (χ1) is 19.5. The second kappa shape index (κ2) is 14.6. The number of likely N-dealkylation sites (N-methyl/N-ethyl adjacent to an activating group) is 1. The molecule has 1 amide bonds. The second-order valence-corrected chi connectivity index (χ2v) is 11.5. The third kappa shape index (κ3) is 8.37. The van der Waals surface area contributed by atoms with Crippen molar-refractivity contribution in [3.8, 4) is 0 Å². The molecule has 0 spiro atoms. The van der Waals surface area contributed by atoms with Crippen LogP contribution < -0.4 is 9.62 Å². The van der Waals surface area contributed by atoms with Gasteiger partial charge in [-0.05, 0) is 79.7 Å². The van der Waals surface area contributed by atoms with Gasteiger partial charge >= 0.3 is 6.09 Å². The number of sulfonamides is 1. The summed E-state index contributed by atoms with van der Waals surface area (Å²) in [5.74, 6) is -2.41. The minimum Gasteiger partial charge on any atom is -0.449 e. The molecule has 0 bridgehead atoms. The summed E-state index contributed by atoms with van der Waals surface area (Å²) in [6, 6.07) is 10.3. The van der Waals surface area contributed by atoms with Gasteiger partial charge in [0.05, 0.1) is 23.2 Å². The van der Waals surface area contributed by atoms with Crippen LogP contribution in [0.5, 0.6) is 0 Å². The van der Waals surface area contributed by atoms with E-state index in [9.17, 15) is 22.0 Å². The molecule has 0 aliphatic rings. The van der Waals surface area contributed by atoms with Gasteiger partial charge in [-0.3, -0.25) is 4.31 Å². The summed E-state index contributed by atoms with van der Waals surface area (Å²) < 4.78 is 77.3. The van der Waals surface area contributed by atoms with Gasteiger partial charge in [0.25, 0.3) is 10.0 Å². The van der Waals surface area contributed by atoms with Crippen molar-refractivity contribution in [3.63, 3.8) is 0 Å². The van der Waals surface area contributed by atoms with E-state index in [4.69, 9.17) is 16.3 Å². The Labute approximate surface area is 243 Å². The maximum absolute atomic E-state index is 15.0. The monoisotopic (exact) mass is 611 g/mol. The molecule has 7 nitrogen and oxygen atoms in total. The fraction of sp³-hybridized carbons (Fsp3) is 0.345. The number of hydrogen-bond donors (Lipinski definition) is 1. The molecule has 0 saturated carbocycles. The minimum atomic E-state index is -4.47. The van der Waals surface area contributed by atoms with E-state index in [2.05, 4.69) is 10.2 Å². The Balaban J connectivity index is 1.90. The number of halogens is 4. The summed E-state index contributed by atoms with van der Waals surface area (Å²) in [5.41, 5.74) is 0.131. The average Bonchev–Trinajstić information content (AvgIpc) is 2.93. The topological polar surface area (TPSA) is 79.0 Å². The molecule has 3 aromatic rings. The van der Waals surface area contributed by atoms with Crippen molar-refractivity contribution in [3.05, 3.63) is 94.3 Å². The van der Waals surface area contributed by atoms with Crippen LogP contribution in [-0.4, -0.2) is 52.2 Å². The molecule has 0 aromatic heterocycles. The van der Waals surface area contributed by atoms with E-state index < -0.39 is 45.3 Å². The standard InChI is InChI=1S/C29H33ClF3N3O4S/c1-4-35(5-2)16-15-34-29(37)40-17-14-21-18-23(31)8-12-26(21)20(3)36(28-19-24(32)9-13-27(28)33)41(38,39)25-10-6-22(30)7-11-25/h6-13,18-20H,4-5,14-17H2,1-3H3,(H,34,37)/t20-/m1/s1. The lowest BCUT2D eigenvalue weighted by Crippen LogP contribution is -2.35. The van der Waals surface area contributed by atoms with Crippen LogP contribution in [0.2, 0.25) is 5.02 Å². The van der Waals surface area contributed by atoms with Crippen LogP contribution in [0.1, 0.15) is 37.9 Å². The highest BCUT2D eigenvalue weighted by molar-refractivity contribution is 7.92. The lowest BCUT2D eigenvalue weighted by molar-refractivity contribution is 0.146. The first kappa shape index (κ1) is 32.2. The number of nitrogens with zero attached hydrogens (tertiary/aromatic N) is 2. The van der Waals surface area contributed by atoms with Gasteiger partial charge in [0.1, 0.15) is 17.5 Å². The largest absolute Gasteiger partial charge is 0.449 e. The highest BCUT2D eigenvalue weighted by atomic mass is 35.5. The summed E-state index contributed by atoms with van der Waals surface area (Å²) in [4.78, 5) is 14.1. The Bertz CT molecular complexity index is 1440. The van der Waals surface area contributed by atoms with Gasteiger partial charge in [-0.2, -0.15) is 0 Å². The second-order valence-electron chi connectivity index (χ2n) is 9.21. The molecular weight excluding hydrogens is 579 g/mol. The van der Waals surface area contributed by atoms with Crippen LogP contribution in [0.15, 0.2) is 65.6 Å². The maximum atomic E-state index is 15.0. The molecular formula is C29H33ClF3N3O4S. The Kier molecular flexibility index (Phi) is 11.5. The molecule has 41 heavy (non-hydrogen) atoms. The van der Waals surface area contributed by atoms with Crippen molar-refractivity contribution in [2.45, 2.75) is 38.1 Å². The number of ether oxygens (including phenoxy) is 1. The zero-order valence-electron chi connectivity index (χ0n) is 23.0. The third-order valence-electron chi connectivity index (χ3n) is 6.62. The van der Waals surface area contributed by atoms with Crippen molar-refractivity contribution >= 4 is 33.4 Å². The predicted octanol–water partition coefficient (Wildman–Crippen LogP) is 6.32. The first-order valence-electron chi connectivity index (χ1n) is 13.1. The molecule has 0 radical (unpaired) electrons. The molecule has 3 rings (SSSR count). The summed E-state index contributed by atoms with van der Waals surface area (Å²) in [5, 5.41) is 2.95. The maximum Gasteiger partial charge on any atom is 0.407 e. The SMILES string of the molecule is CCN(CC)CCNC(=O)OCCc1cc(F)ccc1[C@@H](C)N(c1cc(F)ccc1F)S(=O)(=O)c1ccc(Cl)cc1. The molecule has 1 atom stereocenters. The zero-order chi connectivity index (χ0) is 30.2. The van der Waals surface area contributed by atoms with Gasteiger partial charge in [-0.15, -0.1) is 0 Å². The Hall–Kier alpha value is -3.28. The van der Waals surface area contributed by atoms with Crippen LogP contribution in [0.25, 0.3) is 0 Å². The summed E-state index contributed by atoms with van der Waals surface area (Å²) in [6.07, 6.45) is -0.599. The van der Waals surface area contributed by atoms with E-state index in [1.165, 1.54) is 43.3 Å². The van der Waals surface area contributed by atoms with Crippen molar-refractivity contribution in [2.75, 3.05) is 37.1 Å². The Morgan fingerprint density at radius 2 is 1.61 bits per heavy atom. The van der Waals surface area contributed by atoms with E-state index in [1.54, 1.807) is 0 Å². The fourth-order valence-corrected chi connectivity index (χ4v) is 6.17. The van der Waals surface area contributed by atoms with Crippen LogP contribution in [0.3, 0.4) is 0 Å².